The molecule has 2 N–H and O–H groups in total. The molecule has 1 unspecified atom stereocenters. The molecule has 0 saturated heterocycles. The van der Waals surface area contributed by atoms with E-state index in [2.05, 4.69) is 19.2 Å². The average molecular weight is 308 g/mol. The summed E-state index contributed by atoms with van der Waals surface area (Å²) in [5.74, 6) is 0.487. The first kappa shape index (κ1) is 18.1. The monoisotopic (exact) mass is 308 g/mol. The maximum absolute atomic E-state index is 12.2. The van der Waals surface area contributed by atoms with Crippen LogP contribution in [0.1, 0.15) is 42.6 Å². The van der Waals surface area contributed by atoms with E-state index in [-0.39, 0.29) is 24.1 Å². The molecule has 22 heavy (non-hydrogen) atoms. The summed E-state index contributed by atoms with van der Waals surface area (Å²) in [6.45, 7) is 6.48. The largest absolute Gasteiger partial charge is 0.396 e. The van der Waals surface area contributed by atoms with Crippen LogP contribution in [0.3, 0.4) is 0 Å². The summed E-state index contributed by atoms with van der Waals surface area (Å²) < 4.78 is 0. The van der Waals surface area contributed by atoms with Crippen molar-refractivity contribution < 1.29 is 14.8 Å². The Morgan fingerprint density at radius 1 is 1.41 bits per heavy atom. The van der Waals surface area contributed by atoms with Gasteiger partial charge in [0.15, 0.2) is 0 Å². The van der Waals surface area contributed by atoms with Gasteiger partial charge in [-0.25, -0.2) is 0 Å². The maximum atomic E-state index is 12.2. The summed E-state index contributed by atoms with van der Waals surface area (Å²) in [5, 5.41) is 22.6. The number of benzene rings is 1. The van der Waals surface area contributed by atoms with Crippen LogP contribution in [-0.4, -0.2) is 29.1 Å². The Balaban J connectivity index is 2.70. The smallest absolute Gasteiger partial charge is 0.269 e. The van der Waals surface area contributed by atoms with Crippen LogP contribution in [0, 0.1) is 28.9 Å². The highest BCUT2D eigenvalue weighted by atomic mass is 16.6. The Labute approximate surface area is 130 Å². The van der Waals surface area contributed by atoms with E-state index in [1.165, 1.54) is 18.2 Å². The number of rotatable bonds is 8. The van der Waals surface area contributed by atoms with Crippen LogP contribution in [0.5, 0.6) is 0 Å². The summed E-state index contributed by atoms with van der Waals surface area (Å²) in [5.41, 5.74) is 0.999. The molecule has 0 bridgehead atoms. The number of nitro groups is 1. The van der Waals surface area contributed by atoms with Crippen LogP contribution in [0.4, 0.5) is 5.69 Å². The number of carbonyl (C=O) groups excluding carboxylic acids is 1. The molecular formula is C16H24N2O4. The molecule has 1 aromatic carbocycles. The average Bonchev–Trinajstić information content (AvgIpc) is 2.43. The predicted octanol–water partition coefficient (Wildman–Crippen LogP) is 2.68. The normalized spacial score (nSPS) is 12.2. The molecule has 1 aromatic rings. The van der Waals surface area contributed by atoms with Crippen LogP contribution >= 0.6 is 0 Å². The van der Waals surface area contributed by atoms with Crippen molar-refractivity contribution in [1.82, 2.24) is 5.32 Å². The van der Waals surface area contributed by atoms with Crippen molar-refractivity contribution in [2.24, 2.45) is 11.8 Å². The van der Waals surface area contributed by atoms with E-state index in [1.54, 1.807) is 6.92 Å². The minimum absolute atomic E-state index is 0.0213. The minimum atomic E-state index is -0.478. The van der Waals surface area contributed by atoms with Crippen molar-refractivity contribution in [3.05, 3.63) is 39.4 Å². The lowest BCUT2D eigenvalue weighted by Crippen LogP contribution is -2.30. The fourth-order valence-corrected chi connectivity index (χ4v) is 2.50. The van der Waals surface area contributed by atoms with Gasteiger partial charge in [0, 0.05) is 30.8 Å². The molecule has 0 radical (unpaired) electrons. The zero-order valence-electron chi connectivity index (χ0n) is 13.3. The third kappa shape index (κ3) is 5.44. The molecule has 6 nitrogen and oxygen atoms in total. The highest BCUT2D eigenvalue weighted by Gasteiger charge is 2.16. The molecule has 0 aliphatic carbocycles. The van der Waals surface area contributed by atoms with Crippen molar-refractivity contribution in [3.8, 4) is 0 Å². The van der Waals surface area contributed by atoms with E-state index in [4.69, 9.17) is 5.11 Å². The molecule has 0 heterocycles. The number of nitrogens with zero attached hydrogens (tertiary/aromatic N) is 1. The fraction of sp³-hybridized carbons (Fsp3) is 0.562. The van der Waals surface area contributed by atoms with Crippen molar-refractivity contribution in [1.29, 1.82) is 0 Å². The van der Waals surface area contributed by atoms with Gasteiger partial charge in [0.05, 0.1) is 4.92 Å². The van der Waals surface area contributed by atoms with E-state index in [1.807, 2.05) is 0 Å². The van der Waals surface area contributed by atoms with Crippen molar-refractivity contribution in [3.63, 3.8) is 0 Å². The molecule has 1 rings (SSSR count). The van der Waals surface area contributed by atoms with Crippen LogP contribution < -0.4 is 5.32 Å². The van der Waals surface area contributed by atoms with Gasteiger partial charge in [-0.05, 0) is 43.2 Å². The highest BCUT2D eigenvalue weighted by Crippen LogP contribution is 2.18. The molecule has 0 aromatic heterocycles. The number of hydrogen-bond acceptors (Lipinski definition) is 4. The number of nitrogens with one attached hydrogen (secondary N) is 1. The predicted molar refractivity (Wildman–Crippen MR) is 84.8 cm³/mol. The highest BCUT2D eigenvalue weighted by molar-refractivity contribution is 5.95. The van der Waals surface area contributed by atoms with Crippen LogP contribution in [0.15, 0.2) is 18.2 Å². The third-order valence-corrected chi connectivity index (χ3v) is 3.56. The second-order valence-electron chi connectivity index (χ2n) is 5.97. The lowest BCUT2D eigenvalue weighted by atomic mass is 9.94. The van der Waals surface area contributed by atoms with E-state index in [0.717, 1.165) is 6.42 Å². The second kappa shape index (κ2) is 8.48. The van der Waals surface area contributed by atoms with Crippen LogP contribution in [0.25, 0.3) is 0 Å². The molecule has 0 spiro atoms. The Hall–Kier alpha value is -1.95. The van der Waals surface area contributed by atoms with Crippen molar-refractivity contribution >= 4 is 11.6 Å². The van der Waals surface area contributed by atoms with Gasteiger partial charge in [-0.2, -0.15) is 0 Å². The third-order valence-electron chi connectivity index (χ3n) is 3.56. The van der Waals surface area contributed by atoms with Gasteiger partial charge >= 0.3 is 0 Å². The number of non-ortho nitro benzene ring substituents is 1. The van der Waals surface area contributed by atoms with E-state index < -0.39 is 4.92 Å². The van der Waals surface area contributed by atoms with E-state index in [9.17, 15) is 14.9 Å². The Kier molecular flexibility index (Phi) is 6.98. The molecule has 0 aliphatic rings. The number of hydrogen-bond donors (Lipinski definition) is 2. The summed E-state index contributed by atoms with van der Waals surface area (Å²) in [6.07, 6.45) is 1.58. The zero-order valence-corrected chi connectivity index (χ0v) is 13.3. The summed E-state index contributed by atoms with van der Waals surface area (Å²) in [7, 11) is 0. The first-order valence-corrected chi connectivity index (χ1v) is 7.49. The van der Waals surface area contributed by atoms with Crippen LogP contribution in [-0.2, 0) is 0 Å². The molecule has 0 aliphatic heterocycles. The Morgan fingerprint density at radius 2 is 2.09 bits per heavy atom. The second-order valence-corrected chi connectivity index (χ2v) is 5.97. The number of amides is 1. The van der Waals surface area contributed by atoms with Gasteiger partial charge in [-0.15, -0.1) is 0 Å². The molecule has 0 saturated carbocycles. The van der Waals surface area contributed by atoms with Gasteiger partial charge < -0.3 is 10.4 Å². The molecule has 1 atom stereocenters. The molecule has 122 valence electrons. The van der Waals surface area contributed by atoms with Gasteiger partial charge in [0.1, 0.15) is 0 Å². The SMILES string of the molecule is Cc1cc([N+](=O)[O-])ccc1C(=O)NCC(CCO)CC(C)C. The number of carbonyl (C=O) groups is 1. The number of nitro benzene ring substituents is 1. The summed E-state index contributed by atoms with van der Waals surface area (Å²) in [4.78, 5) is 22.4. The van der Waals surface area contributed by atoms with Gasteiger partial charge in [0.25, 0.3) is 11.6 Å². The van der Waals surface area contributed by atoms with Gasteiger partial charge in [0.2, 0.25) is 0 Å². The number of aryl methyl sites for hydroxylation is 1. The first-order chi connectivity index (χ1) is 10.3. The summed E-state index contributed by atoms with van der Waals surface area (Å²) >= 11 is 0. The topological polar surface area (TPSA) is 92.5 Å². The quantitative estimate of drug-likeness (QED) is 0.570. The Bertz CT molecular complexity index is 529. The number of aliphatic hydroxyl groups is 1. The molecule has 6 heteroatoms. The van der Waals surface area contributed by atoms with Gasteiger partial charge in [-0.3, -0.25) is 14.9 Å². The first-order valence-electron chi connectivity index (χ1n) is 7.49. The lowest BCUT2D eigenvalue weighted by Gasteiger charge is -2.19. The molecule has 0 fully saturated rings. The zero-order chi connectivity index (χ0) is 16.7. The molecule has 1 amide bonds. The van der Waals surface area contributed by atoms with E-state index in [0.29, 0.717) is 30.0 Å². The van der Waals surface area contributed by atoms with Crippen molar-refractivity contribution in [2.45, 2.75) is 33.6 Å². The Morgan fingerprint density at radius 3 is 2.59 bits per heavy atom. The van der Waals surface area contributed by atoms with Crippen molar-refractivity contribution in [2.75, 3.05) is 13.2 Å². The maximum Gasteiger partial charge on any atom is 0.269 e. The fourth-order valence-electron chi connectivity index (χ4n) is 2.50. The summed E-state index contributed by atoms with van der Waals surface area (Å²) in [6, 6.07) is 4.21. The molecular weight excluding hydrogens is 284 g/mol. The minimum Gasteiger partial charge on any atom is -0.396 e. The number of aliphatic hydroxyl groups excluding tert-OH is 1. The van der Waals surface area contributed by atoms with Gasteiger partial charge in [-0.1, -0.05) is 13.8 Å². The standard InChI is InChI=1S/C16H24N2O4/c1-11(2)8-13(6-7-19)10-17-16(20)15-5-4-14(18(21)22)9-12(15)3/h4-5,9,11,13,19H,6-8,10H2,1-3H3,(H,17,20). The lowest BCUT2D eigenvalue weighted by molar-refractivity contribution is -0.384. The van der Waals surface area contributed by atoms with Crippen LogP contribution in [0.2, 0.25) is 0 Å². The van der Waals surface area contributed by atoms with E-state index >= 15 is 0 Å².